The van der Waals surface area contributed by atoms with Crippen LogP contribution >= 0.6 is 0 Å². The monoisotopic (exact) mass is 554 g/mol. The number of hydrogen-bond acceptors (Lipinski definition) is 1. The summed E-state index contributed by atoms with van der Waals surface area (Å²) in [5.74, 6) is 0.399. The highest BCUT2D eigenvalue weighted by atomic mass is 16.3. The first-order chi connectivity index (χ1) is 21.2. The highest BCUT2D eigenvalue weighted by molar-refractivity contribution is 6.24. The number of fused-ring (bicyclic) bond motifs is 6. The quantitative estimate of drug-likeness (QED) is 0.120. The van der Waals surface area contributed by atoms with Crippen molar-refractivity contribution in [3.8, 4) is 11.1 Å². The summed E-state index contributed by atoms with van der Waals surface area (Å²) in [6.45, 7) is 5.80. The molecule has 9 rings (SSSR count). The Labute approximate surface area is 251 Å². The van der Waals surface area contributed by atoms with E-state index in [0.717, 1.165) is 27.6 Å². The molecule has 7 aromatic rings. The van der Waals surface area contributed by atoms with Crippen LogP contribution in [-0.2, 0) is 0 Å². The maximum absolute atomic E-state index is 6.32. The van der Waals surface area contributed by atoms with Gasteiger partial charge in [-0.3, -0.25) is 0 Å². The van der Waals surface area contributed by atoms with Gasteiger partial charge in [-0.05, 0) is 68.9 Å². The van der Waals surface area contributed by atoms with E-state index in [1.165, 1.54) is 60.6 Å². The van der Waals surface area contributed by atoms with Gasteiger partial charge in [0.2, 0.25) is 11.4 Å². The van der Waals surface area contributed by atoms with E-state index >= 15 is 0 Å². The van der Waals surface area contributed by atoms with Gasteiger partial charge in [-0.1, -0.05) is 110 Å². The van der Waals surface area contributed by atoms with E-state index in [9.17, 15) is 0 Å². The van der Waals surface area contributed by atoms with Crippen molar-refractivity contribution in [3.63, 3.8) is 0 Å². The number of benzene rings is 6. The van der Waals surface area contributed by atoms with Gasteiger partial charge in [0.15, 0.2) is 0 Å². The van der Waals surface area contributed by atoms with Crippen LogP contribution in [0.4, 0.5) is 11.4 Å². The summed E-state index contributed by atoms with van der Waals surface area (Å²) in [4.78, 5) is 0. The first-order valence-corrected chi connectivity index (χ1v) is 15.4. The van der Waals surface area contributed by atoms with Crippen molar-refractivity contribution in [2.24, 2.45) is 5.92 Å². The van der Waals surface area contributed by atoms with Crippen LogP contribution < -0.4 is 4.48 Å². The molecule has 2 aliphatic rings. The van der Waals surface area contributed by atoms with Crippen LogP contribution in [0.5, 0.6) is 0 Å². The van der Waals surface area contributed by atoms with Gasteiger partial charge >= 0.3 is 0 Å². The van der Waals surface area contributed by atoms with Gasteiger partial charge in [0, 0.05) is 28.8 Å². The third-order valence-corrected chi connectivity index (χ3v) is 10.0. The van der Waals surface area contributed by atoms with Crippen molar-refractivity contribution >= 4 is 60.4 Å². The minimum absolute atomic E-state index is 0.399. The number of para-hydroxylation sites is 3. The Morgan fingerprint density at radius 1 is 0.605 bits per heavy atom. The summed E-state index contributed by atoms with van der Waals surface area (Å²) in [5.41, 5.74) is 9.94. The molecule has 2 nitrogen and oxygen atoms in total. The average molecular weight is 555 g/mol. The lowest BCUT2D eigenvalue weighted by atomic mass is 9.82. The maximum Gasteiger partial charge on any atom is 0.200 e. The predicted octanol–water partition coefficient (Wildman–Crippen LogP) is 11.2. The smallest absolute Gasteiger partial charge is 0.200 e. The Kier molecular flexibility index (Phi) is 5.18. The van der Waals surface area contributed by atoms with Gasteiger partial charge in [0.1, 0.15) is 17.2 Å². The number of allylic oxidation sites excluding steroid dienone is 2. The molecular formula is C41H32NO+. The first kappa shape index (κ1) is 24.7. The van der Waals surface area contributed by atoms with E-state index < -0.39 is 0 Å². The van der Waals surface area contributed by atoms with Crippen LogP contribution in [0.3, 0.4) is 0 Å². The lowest BCUT2D eigenvalue weighted by molar-refractivity contribution is 0.355. The molecule has 0 saturated carbocycles. The minimum Gasteiger partial charge on any atom is -0.456 e. The zero-order chi connectivity index (χ0) is 28.7. The van der Waals surface area contributed by atoms with Crippen molar-refractivity contribution < 1.29 is 4.42 Å². The summed E-state index contributed by atoms with van der Waals surface area (Å²) in [5, 5.41) is 7.46. The van der Waals surface area contributed by atoms with Gasteiger partial charge in [-0.25, -0.2) is 4.48 Å². The van der Waals surface area contributed by atoms with E-state index in [0.29, 0.717) is 12.0 Å². The Morgan fingerprint density at radius 2 is 1.16 bits per heavy atom. The van der Waals surface area contributed by atoms with Crippen LogP contribution in [0, 0.1) is 5.92 Å². The van der Waals surface area contributed by atoms with E-state index in [1.54, 1.807) is 0 Å². The third kappa shape index (κ3) is 3.33. The molecule has 0 bridgehead atoms. The summed E-state index contributed by atoms with van der Waals surface area (Å²) in [7, 11) is 0. The molecule has 6 aromatic carbocycles. The molecule has 2 atom stereocenters. The molecular weight excluding hydrogens is 522 g/mol. The normalized spacial score (nSPS) is 18.8. The molecule has 43 heavy (non-hydrogen) atoms. The molecule has 0 N–H and O–H groups in total. The maximum atomic E-state index is 6.32. The van der Waals surface area contributed by atoms with Crippen molar-refractivity contribution in [1.29, 1.82) is 0 Å². The molecule has 1 aliphatic heterocycles. The van der Waals surface area contributed by atoms with Gasteiger partial charge in [-0.15, -0.1) is 0 Å². The van der Waals surface area contributed by atoms with Gasteiger partial charge in [0.05, 0.1) is 6.54 Å². The number of rotatable bonds is 4. The van der Waals surface area contributed by atoms with Crippen LogP contribution in [0.25, 0.3) is 60.2 Å². The second kappa shape index (κ2) is 9.04. The molecule has 2 heteroatoms. The molecule has 0 amide bonds. The molecule has 0 fully saturated rings. The Balaban J connectivity index is 1.28. The molecule has 2 heterocycles. The van der Waals surface area contributed by atoms with E-state index in [-0.39, 0.29) is 0 Å². The highest BCUT2D eigenvalue weighted by Crippen LogP contribution is 2.60. The van der Waals surface area contributed by atoms with Gasteiger partial charge in [-0.2, -0.15) is 0 Å². The molecule has 1 aliphatic carbocycles. The fourth-order valence-electron chi connectivity index (χ4n) is 8.18. The molecule has 0 spiro atoms. The summed E-state index contributed by atoms with van der Waals surface area (Å²) >= 11 is 0. The predicted molar refractivity (Wildman–Crippen MR) is 183 cm³/mol. The van der Waals surface area contributed by atoms with Crippen LogP contribution in [0.15, 0.2) is 138 Å². The lowest BCUT2D eigenvalue weighted by Gasteiger charge is -2.32. The van der Waals surface area contributed by atoms with Crippen molar-refractivity contribution in [3.05, 3.63) is 139 Å². The zero-order valence-corrected chi connectivity index (χ0v) is 24.4. The fraction of sp³-hybridized carbons (Fsp3) is 0.122. The second-order valence-corrected chi connectivity index (χ2v) is 12.1. The van der Waals surface area contributed by atoms with Crippen LogP contribution in [-0.4, -0.2) is 12.6 Å². The SMILES string of the molecule is CC[N+]1(C2C=CC(c3c4ccccc4c(-c4cccc5oc6ccccc6c45)c4ccccc34)=CC2C)c2ccccc21. The number of furan rings is 1. The van der Waals surface area contributed by atoms with E-state index in [1.807, 2.05) is 6.07 Å². The van der Waals surface area contributed by atoms with Crippen LogP contribution in [0.2, 0.25) is 0 Å². The molecule has 2 unspecified atom stereocenters. The number of nitrogens with zero attached hydrogens (tertiary/aromatic N) is 1. The van der Waals surface area contributed by atoms with Crippen molar-refractivity contribution in [1.82, 2.24) is 4.48 Å². The second-order valence-electron chi connectivity index (χ2n) is 12.1. The topological polar surface area (TPSA) is 13.1 Å². The summed E-state index contributed by atoms with van der Waals surface area (Å²) < 4.78 is 7.31. The first-order valence-electron chi connectivity index (χ1n) is 15.4. The lowest BCUT2D eigenvalue weighted by Crippen LogP contribution is -2.45. The van der Waals surface area contributed by atoms with Crippen LogP contribution in [0.1, 0.15) is 19.4 Å². The number of quaternary nitrogens is 1. The summed E-state index contributed by atoms with van der Waals surface area (Å²) in [6.07, 6.45) is 7.41. The molecule has 206 valence electrons. The summed E-state index contributed by atoms with van der Waals surface area (Å²) in [6, 6.07) is 42.2. The Hall–Kier alpha value is -4.92. The molecule has 0 saturated heterocycles. The number of hydrogen-bond donors (Lipinski definition) is 0. The Bertz CT molecular complexity index is 2240. The van der Waals surface area contributed by atoms with E-state index in [4.69, 9.17) is 4.42 Å². The fourth-order valence-corrected chi connectivity index (χ4v) is 8.18. The third-order valence-electron chi connectivity index (χ3n) is 10.0. The largest absolute Gasteiger partial charge is 0.456 e. The van der Waals surface area contributed by atoms with Gasteiger partial charge in [0.25, 0.3) is 0 Å². The standard InChI is InChI=1S/C41H32NO/c1-3-42(35-19-9-10-20-36(35)42)34-24-23-27(25-26(34)2)39-28-13-4-6-15-30(28)40(31-16-7-5-14-29(31)39)33-18-12-22-38-41(33)32-17-8-11-21-37(32)43-38/h4-26,34H,3H2,1-2H3/q+1. The molecule has 0 radical (unpaired) electrons. The zero-order valence-electron chi connectivity index (χ0n) is 24.4. The average Bonchev–Trinajstić information content (AvgIpc) is 3.55. The number of likely N-dealkylation sites (N-methyl/N-ethyl adjacent to an activating group) is 1. The van der Waals surface area contributed by atoms with E-state index in [2.05, 4.69) is 141 Å². The van der Waals surface area contributed by atoms with Gasteiger partial charge < -0.3 is 4.42 Å². The minimum atomic E-state index is 0.399. The Morgan fingerprint density at radius 3 is 1.79 bits per heavy atom. The highest BCUT2D eigenvalue weighted by Gasteiger charge is 2.57. The molecule has 1 aromatic heterocycles. The van der Waals surface area contributed by atoms with Crippen molar-refractivity contribution in [2.45, 2.75) is 19.9 Å². The van der Waals surface area contributed by atoms with Crippen molar-refractivity contribution in [2.75, 3.05) is 6.54 Å².